The van der Waals surface area contributed by atoms with Gasteiger partial charge in [0.15, 0.2) is 0 Å². The SMILES string of the molecule is CC(C)O.CCO.CCc1ccc(CCOc2ccc(CC3SC(=O)NC3=O)cc2)nc1. The Labute approximate surface area is 194 Å². The van der Waals surface area contributed by atoms with Gasteiger partial charge in [0.2, 0.25) is 5.91 Å². The zero-order valence-electron chi connectivity index (χ0n) is 19.2. The molecule has 1 atom stereocenters. The van der Waals surface area contributed by atoms with Crippen LogP contribution in [0.3, 0.4) is 0 Å². The van der Waals surface area contributed by atoms with Crippen molar-refractivity contribution in [2.24, 2.45) is 0 Å². The first-order valence-corrected chi connectivity index (χ1v) is 11.6. The molecule has 1 aromatic carbocycles. The summed E-state index contributed by atoms with van der Waals surface area (Å²) in [4.78, 5) is 27.2. The van der Waals surface area contributed by atoms with E-state index in [0.717, 1.165) is 41.6 Å². The average Bonchev–Trinajstić information content (AvgIpc) is 3.06. The van der Waals surface area contributed by atoms with Gasteiger partial charge in [0.05, 0.1) is 11.9 Å². The van der Waals surface area contributed by atoms with Crippen LogP contribution in [0.4, 0.5) is 4.79 Å². The topological polar surface area (TPSA) is 109 Å². The number of nitrogens with one attached hydrogen (secondary N) is 1. The van der Waals surface area contributed by atoms with Crippen LogP contribution in [0.25, 0.3) is 0 Å². The number of imide groups is 1. The van der Waals surface area contributed by atoms with Gasteiger partial charge in [-0.1, -0.05) is 36.9 Å². The first kappa shape index (κ1) is 27.6. The molecular formula is C24H34N2O5S. The van der Waals surface area contributed by atoms with E-state index in [1.807, 2.05) is 36.5 Å². The van der Waals surface area contributed by atoms with E-state index in [-0.39, 0.29) is 29.1 Å². The summed E-state index contributed by atoms with van der Waals surface area (Å²) in [7, 11) is 0. The van der Waals surface area contributed by atoms with Crippen molar-refractivity contribution in [2.45, 2.75) is 58.3 Å². The number of nitrogens with zero attached hydrogens (tertiary/aromatic N) is 1. The molecule has 1 saturated heterocycles. The van der Waals surface area contributed by atoms with E-state index >= 15 is 0 Å². The highest BCUT2D eigenvalue weighted by molar-refractivity contribution is 8.15. The van der Waals surface area contributed by atoms with Crippen molar-refractivity contribution < 1.29 is 24.5 Å². The van der Waals surface area contributed by atoms with Gasteiger partial charge in [0.25, 0.3) is 5.24 Å². The summed E-state index contributed by atoms with van der Waals surface area (Å²) < 4.78 is 5.75. The number of rotatable bonds is 7. The number of amides is 2. The third-order valence-corrected chi connectivity index (χ3v) is 5.01. The molecule has 3 N–H and O–H groups in total. The molecule has 0 radical (unpaired) electrons. The molecule has 2 heterocycles. The number of aryl methyl sites for hydroxylation is 1. The van der Waals surface area contributed by atoms with E-state index in [1.54, 1.807) is 20.8 Å². The molecule has 0 bridgehead atoms. The molecule has 3 rings (SSSR count). The lowest BCUT2D eigenvalue weighted by Crippen LogP contribution is -2.25. The van der Waals surface area contributed by atoms with Crippen molar-refractivity contribution in [3.63, 3.8) is 0 Å². The van der Waals surface area contributed by atoms with Crippen LogP contribution in [0.5, 0.6) is 5.75 Å². The van der Waals surface area contributed by atoms with E-state index in [1.165, 1.54) is 5.56 Å². The Morgan fingerprint density at radius 3 is 2.16 bits per heavy atom. The van der Waals surface area contributed by atoms with Crippen LogP contribution in [-0.2, 0) is 24.1 Å². The second-order valence-electron chi connectivity index (χ2n) is 7.25. The maximum Gasteiger partial charge on any atom is 0.286 e. The average molecular weight is 463 g/mol. The first-order valence-electron chi connectivity index (χ1n) is 10.7. The molecule has 2 amide bonds. The molecule has 32 heavy (non-hydrogen) atoms. The van der Waals surface area contributed by atoms with Crippen molar-refractivity contribution in [1.29, 1.82) is 0 Å². The van der Waals surface area contributed by atoms with Crippen molar-refractivity contribution >= 4 is 22.9 Å². The standard InChI is InChI=1S/C19H20N2O3S.C3H8O.C2H6O/c1-2-13-3-6-15(20-12-13)9-10-24-16-7-4-14(5-8-16)11-17-18(22)21-19(23)25-17;1-3(2)4;1-2-3/h3-8,12,17H,2,9-11H2,1H3,(H,21,22,23);3-4H,1-2H3;3H,2H2,1H3. The van der Waals surface area contributed by atoms with Gasteiger partial charge >= 0.3 is 0 Å². The van der Waals surface area contributed by atoms with Gasteiger partial charge in [-0.05, 0) is 62.9 Å². The van der Waals surface area contributed by atoms with E-state index < -0.39 is 0 Å². The Kier molecular flexibility index (Phi) is 13.3. The van der Waals surface area contributed by atoms with Gasteiger partial charge in [-0.3, -0.25) is 19.9 Å². The van der Waals surface area contributed by atoms with E-state index in [2.05, 4.69) is 23.3 Å². The third kappa shape index (κ3) is 11.3. The van der Waals surface area contributed by atoms with Crippen LogP contribution >= 0.6 is 11.8 Å². The highest BCUT2D eigenvalue weighted by atomic mass is 32.2. The Hall–Kier alpha value is -2.42. The number of hydrogen-bond acceptors (Lipinski definition) is 7. The third-order valence-electron chi connectivity index (χ3n) is 4.03. The molecule has 2 aromatic rings. The molecule has 1 fully saturated rings. The number of aliphatic hydroxyl groups is 2. The molecule has 176 valence electrons. The Bertz CT molecular complexity index is 807. The fraction of sp³-hybridized carbons (Fsp3) is 0.458. The molecule has 0 spiro atoms. The molecule has 1 aliphatic rings. The summed E-state index contributed by atoms with van der Waals surface area (Å²) in [6.45, 7) is 8.05. The summed E-state index contributed by atoms with van der Waals surface area (Å²) in [5.41, 5.74) is 3.25. The number of thioether (sulfide) groups is 1. The van der Waals surface area contributed by atoms with Crippen LogP contribution in [-0.4, -0.2) is 50.9 Å². The van der Waals surface area contributed by atoms with Gasteiger partial charge in [-0.2, -0.15) is 0 Å². The van der Waals surface area contributed by atoms with Crippen LogP contribution in [0.2, 0.25) is 0 Å². The lowest BCUT2D eigenvalue weighted by atomic mass is 10.1. The largest absolute Gasteiger partial charge is 0.493 e. The fourth-order valence-electron chi connectivity index (χ4n) is 2.55. The van der Waals surface area contributed by atoms with Crippen LogP contribution in [0.15, 0.2) is 42.6 Å². The minimum atomic E-state index is -0.337. The molecule has 0 saturated carbocycles. The second kappa shape index (κ2) is 15.4. The lowest BCUT2D eigenvalue weighted by Gasteiger charge is -2.09. The Morgan fingerprint density at radius 2 is 1.69 bits per heavy atom. The number of hydrogen-bond donors (Lipinski definition) is 3. The zero-order valence-corrected chi connectivity index (χ0v) is 20.0. The van der Waals surface area contributed by atoms with Gasteiger partial charge in [0, 0.05) is 31.0 Å². The molecule has 1 aromatic heterocycles. The van der Waals surface area contributed by atoms with Crippen molar-refractivity contribution in [3.05, 3.63) is 59.4 Å². The van der Waals surface area contributed by atoms with Gasteiger partial charge in [-0.25, -0.2) is 0 Å². The zero-order chi connectivity index (χ0) is 23.9. The number of benzene rings is 1. The van der Waals surface area contributed by atoms with E-state index in [0.29, 0.717) is 13.0 Å². The van der Waals surface area contributed by atoms with Crippen molar-refractivity contribution in [2.75, 3.05) is 13.2 Å². The van der Waals surface area contributed by atoms with E-state index in [4.69, 9.17) is 14.9 Å². The Morgan fingerprint density at radius 1 is 1.09 bits per heavy atom. The normalized spacial score (nSPS) is 14.8. The smallest absolute Gasteiger partial charge is 0.286 e. The second-order valence-corrected chi connectivity index (χ2v) is 8.43. The molecule has 1 aliphatic heterocycles. The number of carbonyl (C=O) groups is 2. The maximum atomic E-state index is 11.6. The Balaban J connectivity index is 0.000000645. The number of aromatic nitrogens is 1. The molecule has 0 aliphatic carbocycles. The minimum absolute atomic E-state index is 0.167. The molecule has 8 heteroatoms. The summed E-state index contributed by atoms with van der Waals surface area (Å²) in [6, 6.07) is 11.8. The van der Waals surface area contributed by atoms with E-state index in [9.17, 15) is 9.59 Å². The summed E-state index contributed by atoms with van der Waals surface area (Å²) in [5.74, 6) is 0.574. The van der Waals surface area contributed by atoms with Gasteiger partial charge in [-0.15, -0.1) is 0 Å². The van der Waals surface area contributed by atoms with Crippen LogP contribution < -0.4 is 10.1 Å². The lowest BCUT2D eigenvalue weighted by molar-refractivity contribution is -0.118. The quantitative estimate of drug-likeness (QED) is 0.577. The molecule has 1 unspecified atom stereocenters. The maximum absolute atomic E-state index is 11.6. The van der Waals surface area contributed by atoms with Gasteiger partial charge in [0.1, 0.15) is 5.75 Å². The molecule has 7 nitrogen and oxygen atoms in total. The summed E-state index contributed by atoms with van der Waals surface area (Å²) >= 11 is 1.05. The molecular weight excluding hydrogens is 428 g/mol. The number of aliphatic hydroxyl groups excluding tert-OH is 2. The van der Waals surface area contributed by atoms with Crippen molar-refractivity contribution in [1.82, 2.24) is 10.3 Å². The number of ether oxygens (including phenoxy) is 1. The highest BCUT2D eigenvalue weighted by Crippen LogP contribution is 2.23. The number of carbonyl (C=O) groups excluding carboxylic acids is 2. The van der Waals surface area contributed by atoms with Gasteiger partial charge < -0.3 is 14.9 Å². The van der Waals surface area contributed by atoms with Crippen LogP contribution in [0, 0.1) is 0 Å². The fourth-order valence-corrected chi connectivity index (χ4v) is 3.41. The summed E-state index contributed by atoms with van der Waals surface area (Å²) in [5, 5.41) is 17.3. The van der Waals surface area contributed by atoms with Crippen molar-refractivity contribution in [3.8, 4) is 5.75 Å². The minimum Gasteiger partial charge on any atom is -0.493 e. The van der Waals surface area contributed by atoms with Crippen LogP contribution in [0.1, 0.15) is 44.5 Å². The predicted molar refractivity (Wildman–Crippen MR) is 128 cm³/mol. The highest BCUT2D eigenvalue weighted by Gasteiger charge is 2.31. The predicted octanol–water partition coefficient (Wildman–Crippen LogP) is 3.55. The summed E-state index contributed by atoms with van der Waals surface area (Å²) in [6.07, 6.45) is 4.03. The monoisotopic (exact) mass is 462 g/mol. The number of pyridine rings is 1. The first-order chi connectivity index (χ1) is 15.3.